The number of fused-ring (bicyclic) bond motifs is 1. The second kappa shape index (κ2) is 9.55. The average molecular weight is 511 g/mol. The minimum Gasteiger partial charge on any atom is -0.508 e. The van der Waals surface area contributed by atoms with E-state index in [1.54, 1.807) is 19.1 Å². The number of nitrogens with zero attached hydrogens (tertiary/aromatic N) is 2. The van der Waals surface area contributed by atoms with Crippen molar-refractivity contribution in [3.8, 4) is 17.0 Å². The molecule has 37 heavy (non-hydrogen) atoms. The summed E-state index contributed by atoms with van der Waals surface area (Å²) in [7, 11) is -3.89. The van der Waals surface area contributed by atoms with Gasteiger partial charge in [-0.3, -0.25) is 4.72 Å². The number of nitrogens with one attached hydrogen (secondary N) is 2. The summed E-state index contributed by atoms with van der Waals surface area (Å²) < 4.78 is 29.1. The monoisotopic (exact) mass is 510 g/mol. The highest BCUT2D eigenvalue weighted by Gasteiger charge is 2.20. The van der Waals surface area contributed by atoms with Gasteiger partial charge in [0, 0.05) is 27.7 Å². The molecule has 0 aliphatic heterocycles. The molecule has 5 rings (SSSR count). The summed E-state index contributed by atoms with van der Waals surface area (Å²) >= 11 is 0. The predicted octanol–water partition coefficient (Wildman–Crippen LogP) is 6.47. The van der Waals surface area contributed by atoms with E-state index in [1.165, 1.54) is 29.8 Å². The van der Waals surface area contributed by atoms with Crippen LogP contribution in [0.5, 0.6) is 5.75 Å². The van der Waals surface area contributed by atoms with Crippen LogP contribution in [0.2, 0.25) is 0 Å². The van der Waals surface area contributed by atoms with E-state index in [4.69, 9.17) is 0 Å². The molecule has 5 aromatic rings. The molecule has 0 saturated carbocycles. The van der Waals surface area contributed by atoms with Gasteiger partial charge in [-0.1, -0.05) is 54.1 Å². The molecule has 0 unspecified atom stereocenters. The van der Waals surface area contributed by atoms with E-state index in [2.05, 4.69) is 33.2 Å². The van der Waals surface area contributed by atoms with Crippen LogP contribution < -0.4 is 10.0 Å². The molecular formula is C29H26N4O3S. The number of aryl methyl sites for hydroxylation is 3. The number of aromatic nitrogens is 2. The number of rotatable bonds is 6. The molecule has 1 heterocycles. The Hall–Kier alpha value is -4.43. The first-order chi connectivity index (χ1) is 17.7. The third kappa shape index (κ3) is 4.96. The van der Waals surface area contributed by atoms with Gasteiger partial charge in [-0.15, -0.1) is 10.2 Å². The summed E-state index contributed by atoms with van der Waals surface area (Å²) in [6.45, 7) is 5.84. The molecule has 0 saturated heterocycles. The molecule has 8 heteroatoms. The number of aromatic hydroxyl groups is 1. The van der Waals surface area contributed by atoms with Crippen LogP contribution in [-0.2, 0) is 10.0 Å². The lowest BCUT2D eigenvalue weighted by atomic mass is 10.0. The fourth-order valence-electron chi connectivity index (χ4n) is 4.27. The van der Waals surface area contributed by atoms with E-state index in [-0.39, 0.29) is 10.6 Å². The minimum atomic E-state index is -3.89. The number of phenols is 1. The first kappa shape index (κ1) is 24.3. The quantitative estimate of drug-likeness (QED) is 0.226. The van der Waals surface area contributed by atoms with Crippen molar-refractivity contribution < 1.29 is 13.5 Å². The molecule has 0 spiro atoms. The molecule has 0 atom stereocenters. The Bertz CT molecular complexity index is 1730. The standard InChI is InChI=1S/C29H26N4O3S/c1-18-8-15-26(20(3)16-18)30-29-25-7-5-4-6-24(25)28(31-32-29)21-10-9-19(2)27(17-21)37(35,36)33-22-11-13-23(34)14-12-22/h4-17,33-34H,1-3H3,(H,30,32). The highest BCUT2D eigenvalue weighted by atomic mass is 32.2. The van der Waals surface area contributed by atoms with E-state index in [1.807, 2.05) is 49.4 Å². The van der Waals surface area contributed by atoms with Crippen LogP contribution in [0.25, 0.3) is 22.0 Å². The highest BCUT2D eigenvalue weighted by Crippen LogP contribution is 2.33. The first-order valence-electron chi connectivity index (χ1n) is 11.7. The van der Waals surface area contributed by atoms with Gasteiger partial charge in [-0.2, -0.15) is 0 Å². The van der Waals surface area contributed by atoms with Gasteiger partial charge >= 0.3 is 0 Å². The summed E-state index contributed by atoms with van der Waals surface area (Å²) in [4.78, 5) is 0.140. The second-order valence-electron chi connectivity index (χ2n) is 9.02. The average Bonchev–Trinajstić information content (AvgIpc) is 2.87. The summed E-state index contributed by atoms with van der Waals surface area (Å²) in [6.07, 6.45) is 0. The zero-order chi connectivity index (χ0) is 26.2. The van der Waals surface area contributed by atoms with Crippen molar-refractivity contribution in [2.45, 2.75) is 25.7 Å². The molecule has 0 aliphatic rings. The molecule has 3 N–H and O–H groups in total. The van der Waals surface area contributed by atoms with Gasteiger partial charge in [0.2, 0.25) is 0 Å². The van der Waals surface area contributed by atoms with Crippen molar-refractivity contribution in [2.75, 3.05) is 10.0 Å². The number of phenolic OH excluding ortho intramolecular Hbond substituents is 1. The van der Waals surface area contributed by atoms with Crippen LogP contribution in [-0.4, -0.2) is 23.7 Å². The first-order valence-corrected chi connectivity index (χ1v) is 13.2. The molecule has 0 fully saturated rings. The predicted molar refractivity (Wildman–Crippen MR) is 148 cm³/mol. The van der Waals surface area contributed by atoms with Crippen molar-refractivity contribution in [3.63, 3.8) is 0 Å². The fraction of sp³-hybridized carbons (Fsp3) is 0.103. The van der Waals surface area contributed by atoms with Gasteiger partial charge in [0.05, 0.1) is 4.90 Å². The summed E-state index contributed by atoms with van der Waals surface area (Å²) in [5.41, 5.74) is 5.40. The Kier molecular flexibility index (Phi) is 6.27. The van der Waals surface area contributed by atoms with E-state index in [9.17, 15) is 13.5 Å². The molecule has 0 bridgehead atoms. The molecular weight excluding hydrogens is 484 g/mol. The Morgan fingerprint density at radius 2 is 1.49 bits per heavy atom. The van der Waals surface area contributed by atoms with Crippen LogP contribution in [0, 0.1) is 20.8 Å². The van der Waals surface area contributed by atoms with Gasteiger partial charge in [0.1, 0.15) is 11.4 Å². The zero-order valence-corrected chi connectivity index (χ0v) is 21.5. The number of sulfonamides is 1. The largest absolute Gasteiger partial charge is 0.508 e. The lowest BCUT2D eigenvalue weighted by molar-refractivity contribution is 0.475. The van der Waals surface area contributed by atoms with Gasteiger partial charge in [0.15, 0.2) is 5.82 Å². The van der Waals surface area contributed by atoms with Crippen LogP contribution in [0.4, 0.5) is 17.2 Å². The number of hydrogen-bond donors (Lipinski definition) is 3. The smallest absolute Gasteiger partial charge is 0.262 e. The molecule has 0 radical (unpaired) electrons. The van der Waals surface area contributed by atoms with E-state index in [0.29, 0.717) is 28.3 Å². The third-order valence-corrected chi connectivity index (χ3v) is 7.72. The minimum absolute atomic E-state index is 0.0575. The van der Waals surface area contributed by atoms with E-state index < -0.39 is 10.0 Å². The summed E-state index contributed by atoms with van der Waals surface area (Å²) in [6, 6.07) is 25.0. The Morgan fingerprint density at radius 3 is 2.22 bits per heavy atom. The Morgan fingerprint density at radius 1 is 0.757 bits per heavy atom. The van der Waals surface area contributed by atoms with E-state index in [0.717, 1.165) is 22.0 Å². The van der Waals surface area contributed by atoms with Crippen LogP contribution in [0.1, 0.15) is 16.7 Å². The maximum absolute atomic E-state index is 13.2. The molecule has 186 valence electrons. The fourth-order valence-corrected chi connectivity index (χ4v) is 5.60. The molecule has 0 aliphatic carbocycles. The van der Waals surface area contributed by atoms with Crippen molar-refractivity contribution in [2.24, 2.45) is 0 Å². The number of benzene rings is 4. The zero-order valence-electron chi connectivity index (χ0n) is 20.6. The van der Waals surface area contributed by atoms with Crippen molar-refractivity contribution in [1.82, 2.24) is 10.2 Å². The van der Waals surface area contributed by atoms with Gasteiger partial charge in [0.25, 0.3) is 10.0 Å². The lowest BCUT2D eigenvalue weighted by Gasteiger charge is -2.15. The number of hydrogen-bond acceptors (Lipinski definition) is 6. The van der Waals surface area contributed by atoms with Crippen LogP contribution in [0.3, 0.4) is 0 Å². The van der Waals surface area contributed by atoms with Gasteiger partial charge < -0.3 is 10.4 Å². The number of anilines is 3. The topological polar surface area (TPSA) is 104 Å². The van der Waals surface area contributed by atoms with Gasteiger partial charge in [-0.05, 0) is 68.3 Å². The Labute approximate surface area is 215 Å². The maximum atomic E-state index is 13.2. The summed E-state index contributed by atoms with van der Waals surface area (Å²) in [5, 5.41) is 23.6. The normalized spacial score (nSPS) is 11.4. The molecule has 1 aromatic heterocycles. The van der Waals surface area contributed by atoms with Gasteiger partial charge in [-0.25, -0.2) is 8.42 Å². The van der Waals surface area contributed by atoms with Crippen molar-refractivity contribution in [3.05, 3.63) is 102 Å². The van der Waals surface area contributed by atoms with E-state index >= 15 is 0 Å². The van der Waals surface area contributed by atoms with Crippen LogP contribution >= 0.6 is 0 Å². The van der Waals surface area contributed by atoms with Crippen LogP contribution in [0.15, 0.2) is 89.8 Å². The maximum Gasteiger partial charge on any atom is 0.262 e. The Balaban J connectivity index is 1.56. The highest BCUT2D eigenvalue weighted by molar-refractivity contribution is 7.92. The molecule has 7 nitrogen and oxygen atoms in total. The van der Waals surface area contributed by atoms with Crippen molar-refractivity contribution in [1.29, 1.82) is 0 Å². The lowest BCUT2D eigenvalue weighted by Crippen LogP contribution is -2.14. The SMILES string of the molecule is Cc1ccc(Nc2nnc(-c3ccc(C)c(S(=O)(=O)Nc4ccc(O)cc4)c3)c3ccccc23)c(C)c1. The third-order valence-electron chi connectivity index (χ3n) is 6.19. The summed E-state index contributed by atoms with van der Waals surface area (Å²) in [5.74, 6) is 0.683. The molecule has 0 amide bonds. The van der Waals surface area contributed by atoms with Crippen molar-refractivity contribution >= 4 is 38.0 Å². The molecule has 4 aromatic carbocycles. The second-order valence-corrected chi connectivity index (χ2v) is 10.7.